The zero-order valence-electron chi connectivity index (χ0n) is 22.4. The van der Waals surface area contributed by atoms with Gasteiger partial charge < -0.3 is 22.8 Å². The zero-order chi connectivity index (χ0) is 26.3. The predicted octanol–water partition coefficient (Wildman–Crippen LogP) is 5.87. The number of likely N-dealkylation sites (tertiary alicyclic amines) is 1. The Kier molecular flexibility index (Phi) is 9.93. The maximum atomic E-state index is 12.7. The van der Waals surface area contributed by atoms with Crippen molar-refractivity contribution in [2.24, 2.45) is 4.36 Å². The van der Waals surface area contributed by atoms with Gasteiger partial charge in [-0.15, -0.1) is 0 Å². The van der Waals surface area contributed by atoms with Gasteiger partial charge in [0, 0.05) is 24.9 Å². The van der Waals surface area contributed by atoms with Crippen molar-refractivity contribution >= 4 is 22.5 Å². The average Bonchev–Trinajstić information content (AvgIpc) is 2.84. The van der Waals surface area contributed by atoms with E-state index >= 15 is 0 Å². The number of carbonyl (C=O) groups is 1. The Morgan fingerprint density at radius 1 is 1.14 bits per heavy atom. The van der Waals surface area contributed by atoms with Crippen LogP contribution < -0.4 is 10.1 Å². The summed E-state index contributed by atoms with van der Waals surface area (Å²) in [7, 11) is -0.366. The van der Waals surface area contributed by atoms with Gasteiger partial charge in [-0.2, -0.15) is 0 Å². The summed E-state index contributed by atoms with van der Waals surface area (Å²) >= 11 is 0. The molecule has 2 aromatic carbocycles. The standard InChI is InChI=1S/C28H40N3O4S/c1-20-16-22(10-12-25(20)30-36(33)34-6)21(2)29-27(32)19-35-26-13-11-24(28(3,4)5)17-23(26)18-31-14-8-7-9-15-31/h10-13,16-17,21H,7-9,14-15,18-19H2,1-6H3,(H,29,32)/q-1/t21-/m1/s1. The molecule has 1 amide bonds. The second kappa shape index (κ2) is 12.7. The highest BCUT2D eigenvalue weighted by molar-refractivity contribution is 7.69. The van der Waals surface area contributed by atoms with Crippen LogP contribution in [0.5, 0.6) is 5.75 Å². The third-order valence-electron chi connectivity index (χ3n) is 6.54. The van der Waals surface area contributed by atoms with Gasteiger partial charge in [-0.1, -0.05) is 62.3 Å². The van der Waals surface area contributed by atoms with Crippen LogP contribution in [0.1, 0.15) is 75.3 Å². The minimum absolute atomic E-state index is 0.0432. The topological polar surface area (TPSA) is 80.2 Å². The number of benzene rings is 2. The minimum Gasteiger partial charge on any atom is -0.483 e. The first-order valence-corrected chi connectivity index (χ1v) is 13.7. The highest BCUT2D eigenvalue weighted by atomic mass is 32.2. The van der Waals surface area contributed by atoms with Gasteiger partial charge in [0.25, 0.3) is 5.91 Å². The molecule has 1 N–H and O–H groups in total. The molecule has 1 fully saturated rings. The molecule has 0 aliphatic carbocycles. The lowest BCUT2D eigenvalue weighted by Crippen LogP contribution is -2.32. The van der Waals surface area contributed by atoms with Gasteiger partial charge in [0.1, 0.15) is 5.75 Å². The maximum absolute atomic E-state index is 12.7. The Bertz CT molecular complexity index is 1130. The number of nitrogens with zero attached hydrogens (tertiary/aromatic N) is 2. The van der Waals surface area contributed by atoms with Crippen molar-refractivity contribution in [3.05, 3.63) is 58.7 Å². The van der Waals surface area contributed by atoms with Crippen molar-refractivity contribution in [2.45, 2.75) is 71.9 Å². The Labute approximate surface area is 218 Å². The number of rotatable bonds is 9. The van der Waals surface area contributed by atoms with Crippen LogP contribution in [0.2, 0.25) is 0 Å². The van der Waals surface area contributed by atoms with E-state index < -0.39 is 10.9 Å². The highest BCUT2D eigenvalue weighted by Gasteiger charge is 2.19. The predicted molar refractivity (Wildman–Crippen MR) is 145 cm³/mol. The molecule has 0 radical (unpaired) electrons. The first-order chi connectivity index (χ1) is 17.1. The number of carbonyl (C=O) groups excluding carboxylic acids is 1. The average molecular weight is 515 g/mol. The van der Waals surface area contributed by atoms with Crippen molar-refractivity contribution in [1.29, 1.82) is 0 Å². The van der Waals surface area contributed by atoms with Gasteiger partial charge in [0.05, 0.1) is 6.04 Å². The van der Waals surface area contributed by atoms with Gasteiger partial charge in [0.15, 0.2) is 6.61 Å². The summed E-state index contributed by atoms with van der Waals surface area (Å²) in [5.74, 6) is 0.586. The van der Waals surface area contributed by atoms with E-state index in [1.807, 2.05) is 32.0 Å². The molecule has 36 heavy (non-hydrogen) atoms. The zero-order valence-corrected chi connectivity index (χ0v) is 23.2. The summed E-state index contributed by atoms with van der Waals surface area (Å²) in [5, 5.41) is 3.01. The van der Waals surface area contributed by atoms with Crippen LogP contribution in [0.25, 0.3) is 0 Å². The molecule has 0 aromatic heterocycles. The lowest BCUT2D eigenvalue weighted by Gasteiger charge is -2.28. The van der Waals surface area contributed by atoms with Crippen LogP contribution in [0.3, 0.4) is 0 Å². The molecule has 0 saturated carbocycles. The number of aryl methyl sites for hydroxylation is 1. The molecular weight excluding hydrogens is 474 g/mol. The van der Waals surface area contributed by atoms with Crippen molar-refractivity contribution in [3.8, 4) is 5.75 Å². The van der Waals surface area contributed by atoms with E-state index in [1.54, 1.807) is 6.07 Å². The van der Waals surface area contributed by atoms with E-state index in [4.69, 9.17) is 8.92 Å². The van der Waals surface area contributed by atoms with Crippen molar-refractivity contribution < 1.29 is 17.9 Å². The van der Waals surface area contributed by atoms with Gasteiger partial charge in [0.2, 0.25) is 0 Å². The number of ether oxygens (including phenoxy) is 1. The summed E-state index contributed by atoms with van der Waals surface area (Å²) < 4.78 is 26.3. The number of piperidine rings is 1. The molecule has 0 spiro atoms. The van der Waals surface area contributed by atoms with E-state index in [1.165, 1.54) is 31.9 Å². The molecule has 1 aliphatic heterocycles. The number of hydrogen-bond donors (Lipinski definition) is 1. The summed E-state index contributed by atoms with van der Waals surface area (Å²) in [6, 6.07) is 11.7. The molecule has 2 aromatic rings. The van der Waals surface area contributed by atoms with Crippen molar-refractivity contribution in [2.75, 3.05) is 26.8 Å². The smallest absolute Gasteiger partial charge is 0.258 e. The van der Waals surface area contributed by atoms with Crippen LogP contribution in [0, 0.1) is 6.92 Å². The second-order valence-electron chi connectivity index (χ2n) is 10.5. The largest absolute Gasteiger partial charge is 0.483 e. The van der Waals surface area contributed by atoms with E-state index in [-0.39, 0.29) is 24.0 Å². The minimum atomic E-state index is -1.71. The molecule has 198 valence electrons. The molecular formula is C28H40N3O4S-. The fourth-order valence-corrected chi connectivity index (χ4v) is 4.79. The van der Waals surface area contributed by atoms with Crippen LogP contribution >= 0.6 is 0 Å². The summed E-state index contributed by atoms with van der Waals surface area (Å²) in [6.45, 7) is 13.4. The normalized spacial score (nSPS) is 16.5. The van der Waals surface area contributed by atoms with E-state index in [0.29, 0.717) is 5.69 Å². The molecule has 1 saturated heterocycles. The molecule has 8 heteroatoms. The quantitative estimate of drug-likeness (QED) is 0.423. The van der Waals surface area contributed by atoms with Gasteiger partial charge in [-0.25, -0.2) is 0 Å². The third kappa shape index (κ3) is 8.05. The molecule has 0 bridgehead atoms. The fourth-order valence-electron chi connectivity index (χ4n) is 4.35. The molecule has 1 aliphatic rings. The molecule has 1 atom stereocenters. The SMILES string of the molecule is CO[S-](=O)=Nc1ccc([C@@H](C)NC(=O)COc2ccc(C(C)(C)C)cc2CN2CCCCC2)cc1C. The fraction of sp³-hybridized carbons (Fsp3) is 0.536. The van der Waals surface area contributed by atoms with Crippen LogP contribution in [-0.2, 0) is 36.0 Å². The Morgan fingerprint density at radius 3 is 2.50 bits per heavy atom. The first-order valence-electron chi connectivity index (χ1n) is 12.6. The summed E-state index contributed by atoms with van der Waals surface area (Å²) in [5.41, 5.74) is 4.83. The van der Waals surface area contributed by atoms with E-state index in [0.717, 1.165) is 42.1 Å². The van der Waals surface area contributed by atoms with Crippen LogP contribution in [0.15, 0.2) is 40.8 Å². The monoisotopic (exact) mass is 514 g/mol. The summed E-state index contributed by atoms with van der Waals surface area (Å²) in [6.07, 6.45) is 3.76. The highest BCUT2D eigenvalue weighted by Crippen LogP contribution is 2.30. The number of hydrogen-bond acceptors (Lipinski definition) is 7. The third-order valence-corrected chi connectivity index (χ3v) is 7.17. The molecule has 7 nitrogen and oxygen atoms in total. The van der Waals surface area contributed by atoms with E-state index in [9.17, 15) is 9.00 Å². The second-order valence-corrected chi connectivity index (χ2v) is 11.5. The van der Waals surface area contributed by atoms with Crippen molar-refractivity contribution in [1.82, 2.24) is 10.2 Å². The van der Waals surface area contributed by atoms with Gasteiger partial charge in [-0.3, -0.25) is 9.69 Å². The van der Waals surface area contributed by atoms with Crippen LogP contribution in [0.4, 0.5) is 5.69 Å². The van der Waals surface area contributed by atoms with Gasteiger partial charge in [-0.05, 0) is 74.0 Å². The summed E-state index contributed by atoms with van der Waals surface area (Å²) in [4.78, 5) is 15.2. The number of amides is 1. The lowest BCUT2D eigenvalue weighted by atomic mass is 9.86. The molecule has 3 rings (SSSR count). The van der Waals surface area contributed by atoms with E-state index in [2.05, 4.69) is 47.5 Å². The molecule has 0 unspecified atom stereocenters. The Morgan fingerprint density at radius 2 is 1.86 bits per heavy atom. The first kappa shape index (κ1) is 28.2. The van der Waals surface area contributed by atoms with Crippen molar-refractivity contribution in [3.63, 3.8) is 0 Å². The van der Waals surface area contributed by atoms with Gasteiger partial charge >= 0.3 is 0 Å². The van der Waals surface area contributed by atoms with Crippen LogP contribution in [-0.4, -0.2) is 37.6 Å². The number of nitrogens with one attached hydrogen (secondary N) is 1. The molecule has 1 heterocycles. The Hall–Kier alpha value is -2.42. The Balaban J connectivity index is 1.66. The lowest BCUT2D eigenvalue weighted by molar-refractivity contribution is -0.123. The maximum Gasteiger partial charge on any atom is 0.258 e.